The fourth-order valence-electron chi connectivity index (χ4n) is 2.54. The van der Waals surface area contributed by atoms with Crippen molar-refractivity contribution in [2.75, 3.05) is 19.0 Å². The highest BCUT2D eigenvalue weighted by Gasteiger charge is 2.20. The monoisotopic (exact) mass is 329 g/mol. The summed E-state index contributed by atoms with van der Waals surface area (Å²) in [7, 11) is 0. The van der Waals surface area contributed by atoms with Gasteiger partial charge in [0.2, 0.25) is 0 Å². The van der Waals surface area contributed by atoms with E-state index in [0.717, 1.165) is 16.3 Å². The number of benzene rings is 2. The van der Waals surface area contributed by atoms with Crippen LogP contribution < -0.4 is 11.1 Å². The first-order valence-corrected chi connectivity index (χ1v) is 8.09. The molecular formula is C18H20ClN3O. The van der Waals surface area contributed by atoms with E-state index < -0.39 is 0 Å². The lowest BCUT2D eigenvalue weighted by Crippen LogP contribution is -2.37. The molecule has 0 spiro atoms. The molecule has 3 N–H and O–H groups in total. The first-order chi connectivity index (χ1) is 11.2. The van der Waals surface area contributed by atoms with Crippen LogP contribution >= 0.6 is 11.6 Å². The number of hydrogen-bond donors (Lipinski definition) is 2. The van der Waals surface area contributed by atoms with Gasteiger partial charge in [-0.3, -0.25) is 4.79 Å². The van der Waals surface area contributed by atoms with Gasteiger partial charge in [-0.2, -0.15) is 5.26 Å². The minimum Gasteiger partial charge on any atom is -0.326 e. The molecule has 4 nitrogen and oxygen atoms in total. The van der Waals surface area contributed by atoms with Crippen molar-refractivity contribution in [3.05, 3.63) is 48.0 Å². The van der Waals surface area contributed by atoms with Crippen molar-refractivity contribution in [3.8, 4) is 6.07 Å². The predicted octanol–water partition coefficient (Wildman–Crippen LogP) is 2.56. The molecule has 0 radical (unpaired) electrons. The zero-order chi connectivity index (χ0) is 16.7. The Bertz CT molecular complexity index is 711. The van der Waals surface area contributed by atoms with Gasteiger partial charge in [0.25, 0.3) is 0 Å². The van der Waals surface area contributed by atoms with Crippen LogP contribution in [0.3, 0.4) is 0 Å². The van der Waals surface area contributed by atoms with E-state index >= 15 is 0 Å². The average molecular weight is 330 g/mol. The zero-order valence-corrected chi connectivity index (χ0v) is 13.6. The van der Waals surface area contributed by atoms with Gasteiger partial charge < -0.3 is 11.1 Å². The van der Waals surface area contributed by atoms with Gasteiger partial charge in [-0.05, 0) is 16.3 Å². The Morgan fingerprint density at radius 3 is 2.65 bits per heavy atom. The SMILES string of the molecule is N#CC[C@H](N)CNCC(C(=O)CCl)c1ccc2ccccc2c1. The van der Waals surface area contributed by atoms with Crippen LogP contribution in [0, 0.1) is 11.3 Å². The van der Waals surface area contributed by atoms with E-state index in [1.54, 1.807) is 0 Å². The lowest BCUT2D eigenvalue weighted by atomic mass is 9.93. The molecule has 2 aromatic rings. The Labute approximate surface area is 141 Å². The molecule has 0 saturated carbocycles. The molecule has 0 fully saturated rings. The van der Waals surface area contributed by atoms with E-state index in [2.05, 4.69) is 5.32 Å². The molecule has 0 saturated heterocycles. The molecule has 0 aromatic heterocycles. The Morgan fingerprint density at radius 1 is 1.22 bits per heavy atom. The maximum atomic E-state index is 12.2. The van der Waals surface area contributed by atoms with E-state index in [4.69, 9.17) is 22.6 Å². The number of nitrogens with two attached hydrogens (primary N) is 1. The second-order valence-electron chi connectivity index (χ2n) is 5.54. The standard InChI is InChI=1S/C18H20ClN3O/c19-10-18(23)17(12-22-11-16(21)7-8-20)15-6-5-13-3-1-2-4-14(13)9-15/h1-6,9,16-17,22H,7,10-12,21H2/t16-,17?/m0/s1. The van der Waals surface area contributed by atoms with Crippen LogP contribution in [0.4, 0.5) is 0 Å². The van der Waals surface area contributed by atoms with Gasteiger partial charge >= 0.3 is 0 Å². The first kappa shape index (κ1) is 17.4. The third-order valence-electron chi connectivity index (χ3n) is 3.80. The summed E-state index contributed by atoms with van der Waals surface area (Å²) in [6.07, 6.45) is 0.289. The van der Waals surface area contributed by atoms with Crippen molar-refractivity contribution >= 4 is 28.2 Å². The van der Waals surface area contributed by atoms with E-state index in [1.807, 2.05) is 48.5 Å². The van der Waals surface area contributed by atoms with Crippen LogP contribution in [-0.2, 0) is 4.79 Å². The molecule has 0 bridgehead atoms. The molecule has 0 amide bonds. The number of fused-ring (bicyclic) bond motifs is 1. The van der Waals surface area contributed by atoms with Crippen molar-refractivity contribution < 1.29 is 4.79 Å². The molecule has 23 heavy (non-hydrogen) atoms. The van der Waals surface area contributed by atoms with Crippen LogP contribution in [0.15, 0.2) is 42.5 Å². The first-order valence-electron chi connectivity index (χ1n) is 7.56. The molecule has 5 heteroatoms. The van der Waals surface area contributed by atoms with Gasteiger partial charge in [-0.15, -0.1) is 11.6 Å². The summed E-state index contributed by atoms with van der Waals surface area (Å²) in [6, 6.07) is 15.8. The Hall–Kier alpha value is -1.93. The van der Waals surface area contributed by atoms with Gasteiger partial charge in [0.1, 0.15) is 0 Å². The largest absolute Gasteiger partial charge is 0.326 e. The third kappa shape index (κ3) is 4.77. The molecular weight excluding hydrogens is 310 g/mol. The molecule has 2 rings (SSSR count). The van der Waals surface area contributed by atoms with Gasteiger partial charge in [0.15, 0.2) is 5.78 Å². The Balaban J connectivity index is 2.13. The van der Waals surface area contributed by atoms with Gasteiger partial charge in [0, 0.05) is 19.1 Å². The predicted molar refractivity (Wildman–Crippen MR) is 93.5 cm³/mol. The number of ketones is 1. The molecule has 1 unspecified atom stereocenters. The van der Waals surface area contributed by atoms with Crippen LogP contribution in [0.2, 0.25) is 0 Å². The van der Waals surface area contributed by atoms with E-state index in [9.17, 15) is 4.79 Å². The quantitative estimate of drug-likeness (QED) is 0.729. The summed E-state index contributed by atoms with van der Waals surface area (Å²) in [6.45, 7) is 0.955. The van der Waals surface area contributed by atoms with Crippen molar-refractivity contribution in [1.29, 1.82) is 5.26 Å². The minimum absolute atomic E-state index is 0.0244. The smallest absolute Gasteiger partial charge is 0.156 e. The Morgan fingerprint density at radius 2 is 1.96 bits per heavy atom. The highest BCUT2D eigenvalue weighted by atomic mass is 35.5. The molecule has 120 valence electrons. The van der Waals surface area contributed by atoms with E-state index in [0.29, 0.717) is 13.1 Å². The Kier molecular flexibility index (Phi) is 6.54. The summed E-state index contributed by atoms with van der Waals surface area (Å²) in [5.41, 5.74) is 6.74. The summed E-state index contributed by atoms with van der Waals surface area (Å²) in [4.78, 5) is 12.2. The van der Waals surface area contributed by atoms with Crippen molar-refractivity contribution in [3.63, 3.8) is 0 Å². The number of halogens is 1. The topological polar surface area (TPSA) is 78.9 Å². The number of rotatable bonds is 8. The van der Waals surface area contributed by atoms with Crippen LogP contribution in [0.25, 0.3) is 10.8 Å². The summed E-state index contributed by atoms with van der Waals surface area (Å²) in [5, 5.41) is 14.0. The molecule has 2 aromatic carbocycles. The van der Waals surface area contributed by atoms with Crippen molar-refractivity contribution in [2.45, 2.75) is 18.4 Å². The number of nitriles is 1. The fraction of sp³-hybridized carbons (Fsp3) is 0.333. The lowest BCUT2D eigenvalue weighted by Gasteiger charge is -2.18. The number of alkyl halides is 1. The van der Waals surface area contributed by atoms with Crippen LogP contribution in [-0.4, -0.2) is 30.8 Å². The fourth-order valence-corrected chi connectivity index (χ4v) is 2.72. The second kappa shape index (κ2) is 8.64. The molecule has 2 atom stereocenters. The molecule has 0 heterocycles. The number of hydrogen-bond acceptors (Lipinski definition) is 4. The summed E-state index contributed by atoms with van der Waals surface area (Å²) in [5.74, 6) is -0.363. The average Bonchev–Trinajstić information content (AvgIpc) is 2.58. The number of nitrogens with one attached hydrogen (secondary N) is 1. The van der Waals surface area contributed by atoms with Crippen molar-refractivity contribution in [2.24, 2.45) is 5.73 Å². The van der Waals surface area contributed by atoms with Crippen molar-refractivity contribution in [1.82, 2.24) is 5.32 Å². The maximum absolute atomic E-state index is 12.2. The molecule has 0 aliphatic rings. The number of Topliss-reactive ketones (excluding diaryl/α,β-unsaturated/α-hetero) is 1. The highest BCUT2D eigenvalue weighted by Crippen LogP contribution is 2.22. The van der Waals surface area contributed by atoms with Gasteiger partial charge in [-0.25, -0.2) is 0 Å². The van der Waals surface area contributed by atoms with E-state index in [1.165, 1.54) is 0 Å². The van der Waals surface area contributed by atoms with Gasteiger partial charge in [0.05, 0.1) is 24.3 Å². The zero-order valence-electron chi connectivity index (χ0n) is 12.8. The highest BCUT2D eigenvalue weighted by molar-refractivity contribution is 6.28. The summed E-state index contributed by atoms with van der Waals surface area (Å²) >= 11 is 5.76. The normalized spacial score (nSPS) is 13.4. The summed E-state index contributed by atoms with van der Waals surface area (Å²) < 4.78 is 0. The van der Waals surface area contributed by atoms with Crippen LogP contribution in [0.1, 0.15) is 17.9 Å². The number of carbonyl (C=O) groups is 1. The number of carbonyl (C=O) groups excluding carboxylic acids is 1. The second-order valence-corrected chi connectivity index (χ2v) is 5.81. The lowest BCUT2D eigenvalue weighted by molar-refractivity contribution is -0.118. The number of nitrogens with zero attached hydrogens (tertiary/aromatic N) is 1. The molecule has 0 aliphatic heterocycles. The molecule has 0 aliphatic carbocycles. The van der Waals surface area contributed by atoms with Gasteiger partial charge in [-0.1, -0.05) is 42.5 Å². The van der Waals surface area contributed by atoms with Crippen LogP contribution in [0.5, 0.6) is 0 Å². The minimum atomic E-state index is -0.314. The maximum Gasteiger partial charge on any atom is 0.156 e. The van der Waals surface area contributed by atoms with E-state index in [-0.39, 0.29) is 30.0 Å². The third-order valence-corrected chi connectivity index (χ3v) is 4.07.